The molecule has 0 aliphatic rings. The molecule has 0 spiro atoms. The normalized spacial score (nSPS) is 12.3. The van der Waals surface area contributed by atoms with Crippen LogP contribution >= 0.6 is 0 Å². The van der Waals surface area contributed by atoms with Crippen LogP contribution in [0.2, 0.25) is 0 Å². The highest BCUT2D eigenvalue weighted by Gasteiger charge is 2.12. The first-order chi connectivity index (χ1) is 38.7. The van der Waals surface area contributed by atoms with E-state index in [1.165, 1.54) is 344 Å². The molecule has 78 heavy (non-hydrogen) atoms. The van der Waals surface area contributed by atoms with Crippen molar-refractivity contribution in [2.45, 2.75) is 387 Å². The quantitative estimate of drug-likeness (QED) is 0.0358. The number of rotatable bonds is 60. The van der Waals surface area contributed by atoms with Gasteiger partial charge in [0.15, 0.2) is 0 Å². The molecule has 0 radical (unpaired) electrons. The average Bonchev–Trinajstić information content (AvgIpc) is 3.46. The van der Waals surface area contributed by atoms with E-state index in [1.54, 1.807) is 0 Å². The first-order valence-corrected chi connectivity index (χ1v) is 35.7. The maximum absolute atomic E-state index is 5.46. The summed E-state index contributed by atoms with van der Waals surface area (Å²) in [6, 6.07) is 18.1. The Bertz CT molecular complexity index is 1610. The van der Waals surface area contributed by atoms with E-state index in [-0.39, 0.29) is 0 Å². The van der Waals surface area contributed by atoms with E-state index in [2.05, 4.69) is 88.4 Å². The molecular formula is C76H134N2. The van der Waals surface area contributed by atoms with Crippen molar-refractivity contribution in [3.05, 3.63) is 71.8 Å². The standard InChI is InChI=1S/C76H134N2/c1-5-9-13-15-17-19-21-23-25-27-29-31-33-35-37-39-41-43-45-47-49-51-53-55-57-61-71-67-69-73(70-68-71)77-75(64-11-7-3)76(65-12-8-4)78-74-66-60-59-63-72(74)62-58-56-54-52-50-48-46-44-42-40-38-36-34-32-30-28-26-24-22-20-18-16-14-10-6-2/h54,56,59-60,63,66-70H,5-53,55,57-58,61-62,64-65H2,1-4H3. The van der Waals surface area contributed by atoms with Crippen molar-refractivity contribution in [3.63, 3.8) is 0 Å². The summed E-state index contributed by atoms with van der Waals surface area (Å²) < 4.78 is 0. The summed E-state index contributed by atoms with van der Waals surface area (Å²) in [5.41, 5.74) is 7.43. The topological polar surface area (TPSA) is 24.7 Å². The van der Waals surface area contributed by atoms with Crippen LogP contribution in [-0.4, -0.2) is 11.4 Å². The number of hydrogen-bond donors (Lipinski definition) is 0. The molecule has 0 aliphatic carbocycles. The number of benzene rings is 2. The lowest BCUT2D eigenvalue weighted by atomic mass is 10.0. The van der Waals surface area contributed by atoms with E-state index in [1.807, 2.05) is 0 Å². The Labute approximate surface area is 489 Å². The summed E-state index contributed by atoms with van der Waals surface area (Å²) in [6.45, 7) is 9.22. The molecule has 2 rings (SSSR count). The van der Waals surface area contributed by atoms with Crippen molar-refractivity contribution >= 4 is 22.8 Å². The molecule has 0 atom stereocenters. The van der Waals surface area contributed by atoms with Gasteiger partial charge in [0, 0.05) is 0 Å². The van der Waals surface area contributed by atoms with E-state index in [0.717, 1.165) is 49.9 Å². The van der Waals surface area contributed by atoms with Gasteiger partial charge in [-0.2, -0.15) is 0 Å². The molecule has 0 fully saturated rings. The van der Waals surface area contributed by atoms with Gasteiger partial charge in [-0.05, 0) is 93.5 Å². The van der Waals surface area contributed by atoms with Gasteiger partial charge in [0.25, 0.3) is 0 Å². The summed E-state index contributed by atoms with van der Waals surface area (Å²) in [7, 11) is 0. The largest absolute Gasteiger partial charge is 0.252 e. The Kier molecular flexibility index (Phi) is 53.0. The maximum Gasteiger partial charge on any atom is 0.0665 e. The van der Waals surface area contributed by atoms with E-state index < -0.39 is 0 Å². The SMILES string of the molecule is CCCCCCCCCCCCCCCCCCCCCCCC=CCCc1ccccc1N=C(CCCC)C(CCCC)=Nc1ccc(CCCCCCCCCCCCCCCCCCCCCCCCCCC)cc1. The molecule has 0 N–H and O–H groups in total. The summed E-state index contributed by atoms with van der Waals surface area (Å²) in [6.07, 6.45) is 82.4. The molecule has 2 nitrogen and oxygen atoms in total. The lowest BCUT2D eigenvalue weighted by Crippen LogP contribution is -2.14. The predicted molar refractivity (Wildman–Crippen MR) is 356 cm³/mol. The zero-order valence-electron chi connectivity index (χ0n) is 53.3. The second-order valence-corrected chi connectivity index (χ2v) is 24.7. The van der Waals surface area contributed by atoms with Gasteiger partial charge in [0.05, 0.1) is 22.8 Å². The third-order valence-electron chi connectivity index (χ3n) is 17.1. The van der Waals surface area contributed by atoms with Crippen molar-refractivity contribution in [3.8, 4) is 0 Å². The smallest absolute Gasteiger partial charge is 0.0665 e. The van der Waals surface area contributed by atoms with Crippen LogP contribution in [0.3, 0.4) is 0 Å². The summed E-state index contributed by atoms with van der Waals surface area (Å²) >= 11 is 0. The monoisotopic (exact) mass is 1080 g/mol. The number of nitrogens with zero attached hydrogens (tertiary/aromatic N) is 2. The summed E-state index contributed by atoms with van der Waals surface area (Å²) in [5, 5.41) is 0. The Balaban J connectivity index is 1.58. The third kappa shape index (κ3) is 45.2. The van der Waals surface area contributed by atoms with Crippen molar-refractivity contribution in [2.75, 3.05) is 0 Å². The van der Waals surface area contributed by atoms with Crippen molar-refractivity contribution in [1.29, 1.82) is 0 Å². The number of aliphatic imine (C=N–C) groups is 2. The Morgan fingerprint density at radius 3 is 0.962 bits per heavy atom. The van der Waals surface area contributed by atoms with Gasteiger partial charge < -0.3 is 0 Å². The first-order valence-electron chi connectivity index (χ1n) is 35.7. The van der Waals surface area contributed by atoms with Crippen LogP contribution in [0.5, 0.6) is 0 Å². The summed E-state index contributed by atoms with van der Waals surface area (Å²) in [4.78, 5) is 10.8. The molecule has 0 aliphatic heterocycles. The minimum absolute atomic E-state index is 0.991. The molecule has 2 heteroatoms. The zero-order valence-corrected chi connectivity index (χ0v) is 53.3. The lowest BCUT2D eigenvalue weighted by molar-refractivity contribution is 0.516. The highest BCUT2D eigenvalue weighted by atomic mass is 14.8. The molecular weight excluding hydrogens is 941 g/mol. The fourth-order valence-corrected chi connectivity index (χ4v) is 11.7. The molecule has 0 saturated heterocycles. The van der Waals surface area contributed by atoms with Crippen molar-refractivity contribution in [1.82, 2.24) is 0 Å². The average molecular weight is 1080 g/mol. The van der Waals surface area contributed by atoms with Crippen LogP contribution in [0.1, 0.15) is 386 Å². The van der Waals surface area contributed by atoms with Gasteiger partial charge in [-0.25, -0.2) is 0 Å². The Morgan fingerprint density at radius 1 is 0.282 bits per heavy atom. The number of aryl methyl sites for hydroxylation is 2. The van der Waals surface area contributed by atoms with Crippen molar-refractivity contribution < 1.29 is 0 Å². The Morgan fingerprint density at radius 2 is 0.590 bits per heavy atom. The first kappa shape index (κ1) is 71.6. The minimum Gasteiger partial charge on any atom is -0.252 e. The van der Waals surface area contributed by atoms with E-state index >= 15 is 0 Å². The minimum atomic E-state index is 0.991. The second-order valence-electron chi connectivity index (χ2n) is 24.7. The zero-order chi connectivity index (χ0) is 55.5. The van der Waals surface area contributed by atoms with Crippen LogP contribution in [0, 0.1) is 0 Å². The molecule has 0 saturated carbocycles. The van der Waals surface area contributed by atoms with Gasteiger partial charge in [-0.1, -0.05) is 366 Å². The number of para-hydroxylation sites is 1. The second kappa shape index (κ2) is 57.7. The summed E-state index contributed by atoms with van der Waals surface area (Å²) in [5.74, 6) is 0. The van der Waals surface area contributed by atoms with E-state index in [4.69, 9.17) is 9.98 Å². The molecule has 0 heterocycles. The fourth-order valence-electron chi connectivity index (χ4n) is 11.7. The van der Waals surface area contributed by atoms with E-state index in [0.29, 0.717) is 0 Å². The lowest BCUT2D eigenvalue weighted by Gasteiger charge is -2.13. The Hall–Kier alpha value is -2.48. The molecule has 2 aromatic rings. The molecule has 0 bridgehead atoms. The predicted octanol–water partition coefficient (Wildman–Crippen LogP) is 27.3. The molecule has 0 amide bonds. The number of allylic oxidation sites excluding steroid dienone is 2. The van der Waals surface area contributed by atoms with Gasteiger partial charge >= 0.3 is 0 Å². The van der Waals surface area contributed by atoms with Crippen LogP contribution in [0.25, 0.3) is 0 Å². The van der Waals surface area contributed by atoms with Crippen molar-refractivity contribution in [2.24, 2.45) is 9.98 Å². The van der Waals surface area contributed by atoms with E-state index in [9.17, 15) is 0 Å². The number of unbranched alkanes of at least 4 members (excludes halogenated alkanes) is 47. The fraction of sp³-hybridized carbons (Fsp3) is 0.789. The third-order valence-corrected chi connectivity index (χ3v) is 17.1. The molecule has 448 valence electrons. The van der Waals surface area contributed by atoms with Gasteiger partial charge in [-0.15, -0.1) is 0 Å². The van der Waals surface area contributed by atoms with Crippen LogP contribution in [0.15, 0.2) is 70.7 Å². The highest BCUT2D eigenvalue weighted by molar-refractivity contribution is 6.43. The molecule has 0 unspecified atom stereocenters. The van der Waals surface area contributed by atoms with Crippen LogP contribution in [-0.2, 0) is 12.8 Å². The van der Waals surface area contributed by atoms with Crippen LogP contribution < -0.4 is 0 Å². The maximum atomic E-state index is 5.46. The van der Waals surface area contributed by atoms with Gasteiger partial charge in [-0.3, -0.25) is 9.98 Å². The molecule has 0 aromatic heterocycles. The highest BCUT2D eigenvalue weighted by Crippen LogP contribution is 2.25. The number of hydrogen-bond acceptors (Lipinski definition) is 2. The van der Waals surface area contributed by atoms with Crippen LogP contribution in [0.4, 0.5) is 11.4 Å². The van der Waals surface area contributed by atoms with Gasteiger partial charge in [0.1, 0.15) is 0 Å². The molecule has 2 aromatic carbocycles. The van der Waals surface area contributed by atoms with Gasteiger partial charge in [0.2, 0.25) is 0 Å².